The van der Waals surface area contributed by atoms with Crippen molar-refractivity contribution in [2.24, 2.45) is 11.8 Å². The summed E-state index contributed by atoms with van der Waals surface area (Å²) in [5.74, 6) is -0.855. The Labute approximate surface area is 126 Å². The van der Waals surface area contributed by atoms with Crippen LogP contribution in [0.3, 0.4) is 0 Å². The molecular formula is C16H25FN2O2. The molecule has 21 heavy (non-hydrogen) atoms. The standard InChI is InChI=1S/C16H25FN2O2/c1-11(2)6-9-19(10-7-12(3)4)15-14(17)13(16(20)21)5-8-18-15/h5,8,11-12H,6-7,9-10H2,1-4H3,(H,20,21). The number of carboxylic acid groups (broad SMARTS) is 1. The molecule has 1 aromatic heterocycles. The Hall–Kier alpha value is -1.65. The first-order valence-corrected chi connectivity index (χ1v) is 7.45. The van der Waals surface area contributed by atoms with E-state index in [-0.39, 0.29) is 11.4 Å². The van der Waals surface area contributed by atoms with Crippen molar-refractivity contribution in [1.82, 2.24) is 4.98 Å². The third kappa shape index (κ3) is 5.33. The monoisotopic (exact) mass is 296 g/mol. The van der Waals surface area contributed by atoms with E-state index < -0.39 is 11.8 Å². The number of nitrogens with zero attached hydrogens (tertiary/aromatic N) is 2. The summed E-state index contributed by atoms with van der Waals surface area (Å²) in [6, 6.07) is 1.20. The van der Waals surface area contributed by atoms with E-state index in [1.54, 1.807) is 0 Å². The van der Waals surface area contributed by atoms with Gasteiger partial charge in [-0.05, 0) is 30.7 Å². The van der Waals surface area contributed by atoms with Gasteiger partial charge in [-0.1, -0.05) is 27.7 Å². The second-order valence-electron chi connectivity index (χ2n) is 6.15. The Morgan fingerprint density at radius 1 is 1.24 bits per heavy atom. The first-order chi connectivity index (χ1) is 9.82. The normalized spacial score (nSPS) is 11.2. The lowest BCUT2D eigenvalue weighted by atomic mass is 10.1. The van der Waals surface area contributed by atoms with Crippen LogP contribution in [0.4, 0.5) is 10.2 Å². The SMILES string of the molecule is CC(C)CCN(CCC(C)C)c1nccc(C(=O)O)c1F. The molecule has 1 N–H and O–H groups in total. The summed E-state index contributed by atoms with van der Waals surface area (Å²) < 4.78 is 14.3. The van der Waals surface area contributed by atoms with Crippen LogP contribution in [0, 0.1) is 17.7 Å². The van der Waals surface area contributed by atoms with Gasteiger partial charge < -0.3 is 10.0 Å². The molecule has 1 heterocycles. The number of aromatic nitrogens is 1. The van der Waals surface area contributed by atoms with Gasteiger partial charge in [0.15, 0.2) is 11.6 Å². The summed E-state index contributed by atoms with van der Waals surface area (Å²) in [6.45, 7) is 9.79. The maximum Gasteiger partial charge on any atom is 0.338 e. The van der Waals surface area contributed by atoms with Gasteiger partial charge in [0.25, 0.3) is 0 Å². The highest BCUT2D eigenvalue weighted by Gasteiger charge is 2.20. The van der Waals surface area contributed by atoms with Gasteiger partial charge in [-0.25, -0.2) is 14.2 Å². The Morgan fingerprint density at radius 3 is 2.19 bits per heavy atom. The number of pyridine rings is 1. The van der Waals surface area contributed by atoms with E-state index in [0.717, 1.165) is 12.8 Å². The van der Waals surface area contributed by atoms with E-state index in [1.807, 2.05) is 4.90 Å². The lowest BCUT2D eigenvalue weighted by Crippen LogP contribution is -2.29. The predicted molar refractivity (Wildman–Crippen MR) is 82.3 cm³/mol. The van der Waals surface area contributed by atoms with Gasteiger partial charge in [0, 0.05) is 19.3 Å². The Balaban J connectivity index is 3.00. The lowest BCUT2D eigenvalue weighted by Gasteiger charge is -2.26. The second kappa shape index (κ2) is 7.96. The van der Waals surface area contributed by atoms with Crippen LogP contribution in [0.25, 0.3) is 0 Å². The summed E-state index contributed by atoms with van der Waals surface area (Å²) >= 11 is 0. The molecular weight excluding hydrogens is 271 g/mol. The number of anilines is 1. The minimum absolute atomic E-state index is 0.149. The van der Waals surface area contributed by atoms with Crippen molar-refractivity contribution in [3.8, 4) is 0 Å². The number of carboxylic acids is 1. The largest absolute Gasteiger partial charge is 0.478 e. The third-order valence-corrected chi connectivity index (χ3v) is 3.35. The predicted octanol–water partition coefficient (Wildman–Crippen LogP) is 3.82. The second-order valence-corrected chi connectivity index (χ2v) is 6.15. The fraction of sp³-hybridized carbons (Fsp3) is 0.625. The van der Waals surface area contributed by atoms with Gasteiger partial charge in [-0.2, -0.15) is 0 Å². The highest BCUT2D eigenvalue weighted by molar-refractivity contribution is 5.88. The van der Waals surface area contributed by atoms with Crippen molar-refractivity contribution in [3.05, 3.63) is 23.6 Å². The summed E-state index contributed by atoms with van der Waals surface area (Å²) in [7, 11) is 0. The summed E-state index contributed by atoms with van der Waals surface area (Å²) in [4.78, 5) is 17.0. The van der Waals surface area contributed by atoms with Gasteiger partial charge in [-0.15, -0.1) is 0 Å². The van der Waals surface area contributed by atoms with Gasteiger partial charge in [0.05, 0.1) is 0 Å². The summed E-state index contributed by atoms with van der Waals surface area (Å²) in [5, 5.41) is 9.02. The molecule has 0 aliphatic carbocycles. The molecule has 1 aromatic rings. The van der Waals surface area contributed by atoms with Crippen molar-refractivity contribution >= 4 is 11.8 Å². The third-order valence-electron chi connectivity index (χ3n) is 3.35. The molecule has 0 aliphatic rings. The Bertz CT molecular complexity index is 463. The van der Waals surface area contributed by atoms with E-state index in [0.29, 0.717) is 24.9 Å². The molecule has 0 bridgehead atoms. The van der Waals surface area contributed by atoms with E-state index in [4.69, 9.17) is 5.11 Å². The topological polar surface area (TPSA) is 53.4 Å². The lowest BCUT2D eigenvalue weighted by molar-refractivity contribution is 0.0691. The number of aromatic carboxylic acids is 1. The van der Waals surface area contributed by atoms with Crippen molar-refractivity contribution in [2.75, 3.05) is 18.0 Å². The highest BCUT2D eigenvalue weighted by Crippen LogP contribution is 2.21. The average molecular weight is 296 g/mol. The van der Waals surface area contributed by atoms with Gasteiger partial charge in [0.1, 0.15) is 5.56 Å². The van der Waals surface area contributed by atoms with Crippen LogP contribution in [0.2, 0.25) is 0 Å². The van der Waals surface area contributed by atoms with E-state index in [9.17, 15) is 9.18 Å². The fourth-order valence-electron chi connectivity index (χ4n) is 1.97. The summed E-state index contributed by atoms with van der Waals surface area (Å²) in [5.41, 5.74) is -0.320. The maximum atomic E-state index is 14.3. The first kappa shape index (κ1) is 17.4. The van der Waals surface area contributed by atoms with Crippen molar-refractivity contribution < 1.29 is 14.3 Å². The molecule has 0 aliphatic heterocycles. The van der Waals surface area contributed by atoms with Crippen molar-refractivity contribution in [3.63, 3.8) is 0 Å². The van der Waals surface area contributed by atoms with Crippen LogP contribution in [0.15, 0.2) is 12.3 Å². The average Bonchev–Trinajstić information content (AvgIpc) is 2.39. The molecule has 0 spiro atoms. The van der Waals surface area contributed by atoms with Gasteiger partial charge in [-0.3, -0.25) is 0 Å². The number of carbonyl (C=O) groups is 1. The zero-order valence-electron chi connectivity index (χ0n) is 13.3. The first-order valence-electron chi connectivity index (χ1n) is 7.45. The summed E-state index contributed by atoms with van der Waals surface area (Å²) in [6.07, 6.45) is 3.19. The zero-order valence-corrected chi connectivity index (χ0v) is 13.3. The van der Waals surface area contributed by atoms with E-state index >= 15 is 0 Å². The van der Waals surface area contributed by atoms with Crippen molar-refractivity contribution in [1.29, 1.82) is 0 Å². The van der Waals surface area contributed by atoms with Gasteiger partial charge in [0.2, 0.25) is 0 Å². The van der Waals surface area contributed by atoms with Crippen LogP contribution in [-0.4, -0.2) is 29.1 Å². The molecule has 5 heteroatoms. The Kier molecular flexibility index (Phi) is 6.59. The van der Waals surface area contributed by atoms with Crippen LogP contribution in [-0.2, 0) is 0 Å². The highest BCUT2D eigenvalue weighted by atomic mass is 19.1. The number of rotatable bonds is 8. The molecule has 0 amide bonds. The molecule has 118 valence electrons. The molecule has 0 radical (unpaired) electrons. The minimum Gasteiger partial charge on any atom is -0.478 e. The number of hydrogen-bond acceptors (Lipinski definition) is 3. The van der Waals surface area contributed by atoms with E-state index in [1.165, 1.54) is 12.3 Å². The van der Waals surface area contributed by atoms with Gasteiger partial charge >= 0.3 is 5.97 Å². The molecule has 1 rings (SSSR count). The number of halogens is 1. The molecule has 0 unspecified atom stereocenters. The zero-order chi connectivity index (χ0) is 16.0. The maximum absolute atomic E-state index is 14.3. The molecule has 4 nitrogen and oxygen atoms in total. The quantitative estimate of drug-likeness (QED) is 0.792. The van der Waals surface area contributed by atoms with E-state index in [2.05, 4.69) is 32.7 Å². The van der Waals surface area contributed by atoms with Crippen LogP contribution in [0.1, 0.15) is 50.9 Å². The van der Waals surface area contributed by atoms with Crippen LogP contribution < -0.4 is 4.90 Å². The fourth-order valence-corrected chi connectivity index (χ4v) is 1.97. The van der Waals surface area contributed by atoms with Crippen molar-refractivity contribution in [2.45, 2.75) is 40.5 Å². The van der Waals surface area contributed by atoms with Crippen LogP contribution in [0.5, 0.6) is 0 Å². The molecule has 0 saturated heterocycles. The molecule has 0 atom stereocenters. The number of hydrogen-bond donors (Lipinski definition) is 1. The molecule has 0 saturated carbocycles. The molecule has 0 fully saturated rings. The molecule has 0 aromatic carbocycles. The minimum atomic E-state index is -1.26. The smallest absolute Gasteiger partial charge is 0.338 e. The Morgan fingerprint density at radius 2 is 1.76 bits per heavy atom. The van der Waals surface area contributed by atoms with Crippen LogP contribution >= 0.6 is 0 Å².